The largest absolute Gasteiger partial charge is 0.480 e. The number of halogens is 1. The molecule has 0 spiro atoms. The molecule has 0 saturated carbocycles. The summed E-state index contributed by atoms with van der Waals surface area (Å²) in [5.41, 5.74) is 1.08. The third kappa shape index (κ3) is 3.98. The summed E-state index contributed by atoms with van der Waals surface area (Å²) in [5.74, 6) is -0.828. The molecule has 0 saturated heterocycles. The number of hydrogen-bond acceptors (Lipinski definition) is 2. The molecule has 0 aliphatic heterocycles. The predicted molar refractivity (Wildman–Crippen MR) is 72.0 cm³/mol. The highest BCUT2D eigenvalue weighted by molar-refractivity contribution is 9.10. The van der Waals surface area contributed by atoms with Crippen LogP contribution in [0.5, 0.6) is 0 Å². The van der Waals surface area contributed by atoms with Gasteiger partial charge in [-0.25, -0.2) is 0 Å². The smallest absolute Gasteiger partial charge is 0.317 e. The van der Waals surface area contributed by atoms with Crippen LogP contribution in [0.2, 0.25) is 0 Å². The van der Waals surface area contributed by atoms with Crippen LogP contribution >= 0.6 is 15.9 Å². The Kier molecular flexibility index (Phi) is 5.38. The Morgan fingerprint density at radius 1 is 1.59 bits per heavy atom. The number of aliphatic carboxylic acids is 1. The SMILES string of the molecule is C=CCN(CC(=O)O)C(C)c1ccccc1Br. The molecule has 1 N–H and O–H groups in total. The molecule has 4 heteroatoms. The lowest BCUT2D eigenvalue weighted by molar-refractivity contribution is -0.138. The Balaban J connectivity index is 2.90. The van der Waals surface area contributed by atoms with Crippen molar-refractivity contribution in [3.63, 3.8) is 0 Å². The van der Waals surface area contributed by atoms with E-state index in [0.29, 0.717) is 6.54 Å². The summed E-state index contributed by atoms with van der Waals surface area (Å²) in [6.45, 7) is 6.21. The molecule has 3 nitrogen and oxygen atoms in total. The van der Waals surface area contributed by atoms with Gasteiger partial charge in [-0.05, 0) is 18.6 Å². The van der Waals surface area contributed by atoms with Crippen molar-refractivity contribution in [2.45, 2.75) is 13.0 Å². The molecule has 0 amide bonds. The third-order valence-electron chi connectivity index (χ3n) is 2.60. The van der Waals surface area contributed by atoms with E-state index in [2.05, 4.69) is 22.5 Å². The molecule has 0 radical (unpaired) electrons. The molecule has 0 heterocycles. The second kappa shape index (κ2) is 6.57. The van der Waals surface area contributed by atoms with Gasteiger partial charge in [0.2, 0.25) is 0 Å². The van der Waals surface area contributed by atoms with Gasteiger partial charge in [0.05, 0.1) is 6.54 Å². The minimum absolute atomic E-state index is 0.00845. The van der Waals surface area contributed by atoms with Gasteiger partial charge in [-0.3, -0.25) is 9.69 Å². The third-order valence-corrected chi connectivity index (χ3v) is 3.33. The summed E-state index contributed by atoms with van der Waals surface area (Å²) in [6, 6.07) is 7.86. The quantitative estimate of drug-likeness (QED) is 0.821. The van der Waals surface area contributed by atoms with Gasteiger partial charge < -0.3 is 5.11 Å². The fraction of sp³-hybridized carbons (Fsp3) is 0.308. The van der Waals surface area contributed by atoms with Gasteiger partial charge in [-0.2, -0.15) is 0 Å². The maximum absolute atomic E-state index is 10.8. The van der Waals surface area contributed by atoms with Crippen LogP contribution in [0, 0.1) is 0 Å². The molecule has 0 aliphatic carbocycles. The summed E-state index contributed by atoms with van der Waals surface area (Å²) >= 11 is 3.48. The zero-order valence-electron chi connectivity index (χ0n) is 9.77. The molecule has 1 rings (SSSR count). The lowest BCUT2D eigenvalue weighted by Crippen LogP contribution is -2.32. The molecule has 0 bridgehead atoms. The van der Waals surface area contributed by atoms with Crippen LogP contribution in [-0.4, -0.2) is 29.1 Å². The highest BCUT2D eigenvalue weighted by atomic mass is 79.9. The first-order valence-electron chi connectivity index (χ1n) is 5.37. The van der Waals surface area contributed by atoms with Gasteiger partial charge in [0.25, 0.3) is 0 Å². The van der Waals surface area contributed by atoms with E-state index in [1.807, 2.05) is 36.1 Å². The maximum atomic E-state index is 10.8. The van der Waals surface area contributed by atoms with Crippen molar-refractivity contribution in [3.8, 4) is 0 Å². The molecule has 92 valence electrons. The summed E-state index contributed by atoms with van der Waals surface area (Å²) in [7, 11) is 0. The first kappa shape index (κ1) is 13.9. The van der Waals surface area contributed by atoms with Crippen molar-refractivity contribution in [3.05, 3.63) is 47.0 Å². The Bertz CT molecular complexity index is 406. The molecule has 1 unspecified atom stereocenters. The molecule has 0 aliphatic rings. The lowest BCUT2D eigenvalue weighted by atomic mass is 10.1. The monoisotopic (exact) mass is 297 g/mol. The Morgan fingerprint density at radius 2 is 2.24 bits per heavy atom. The van der Waals surface area contributed by atoms with Gasteiger partial charge in [0.15, 0.2) is 0 Å². The van der Waals surface area contributed by atoms with Gasteiger partial charge in [0.1, 0.15) is 0 Å². The fourth-order valence-electron chi connectivity index (χ4n) is 1.71. The van der Waals surface area contributed by atoms with Crippen molar-refractivity contribution in [2.75, 3.05) is 13.1 Å². The van der Waals surface area contributed by atoms with Gasteiger partial charge in [0, 0.05) is 17.1 Å². The van der Waals surface area contributed by atoms with Crippen LogP contribution in [0.3, 0.4) is 0 Å². The van der Waals surface area contributed by atoms with Crippen LogP contribution in [-0.2, 0) is 4.79 Å². The van der Waals surface area contributed by atoms with E-state index in [9.17, 15) is 4.79 Å². The number of carboxylic acids is 1. The van der Waals surface area contributed by atoms with E-state index < -0.39 is 5.97 Å². The second-order valence-corrected chi connectivity index (χ2v) is 4.66. The molecule has 1 aromatic rings. The van der Waals surface area contributed by atoms with Crippen LogP contribution in [0.25, 0.3) is 0 Å². The number of nitrogens with zero attached hydrogens (tertiary/aromatic N) is 1. The predicted octanol–water partition coefficient (Wildman–Crippen LogP) is 3.08. The summed E-state index contributed by atoms with van der Waals surface area (Å²) in [4.78, 5) is 12.7. The summed E-state index contributed by atoms with van der Waals surface area (Å²) < 4.78 is 0.993. The Labute approximate surface area is 110 Å². The summed E-state index contributed by atoms with van der Waals surface area (Å²) in [6.07, 6.45) is 1.72. The minimum atomic E-state index is -0.828. The normalized spacial score (nSPS) is 12.4. The lowest BCUT2D eigenvalue weighted by Gasteiger charge is -2.27. The van der Waals surface area contributed by atoms with Gasteiger partial charge in [-0.1, -0.05) is 40.2 Å². The fourth-order valence-corrected chi connectivity index (χ4v) is 2.33. The second-order valence-electron chi connectivity index (χ2n) is 3.81. The molecule has 17 heavy (non-hydrogen) atoms. The van der Waals surface area contributed by atoms with Crippen LogP contribution < -0.4 is 0 Å². The van der Waals surface area contributed by atoms with E-state index in [0.717, 1.165) is 10.0 Å². The number of rotatable bonds is 6. The van der Waals surface area contributed by atoms with Crippen molar-refractivity contribution >= 4 is 21.9 Å². The van der Waals surface area contributed by atoms with E-state index in [1.54, 1.807) is 6.08 Å². The molecule has 0 fully saturated rings. The number of benzene rings is 1. The molecule has 1 atom stereocenters. The number of hydrogen-bond donors (Lipinski definition) is 1. The van der Waals surface area contributed by atoms with Crippen LogP contribution in [0.15, 0.2) is 41.4 Å². The average Bonchev–Trinajstić information content (AvgIpc) is 2.28. The highest BCUT2D eigenvalue weighted by Crippen LogP contribution is 2.27. The van der Waals surface area contributed by atoms with Crippen molar-refractivity contribution < 1.29 is 9.90 Å². The first-order chi connectivity index (χ1) is 8.06. The number of carboxylic acid groups (broad SMARTS) is 1. The van der Waals surface area contributed by atoms with Gasteiger partial charge in [-0.15, -0.1) is 6.58 Å². The minimum Gasteiger partial charge on any atom is -0.480 e. The molecule has 1 aromatic carbocycles. The van der Waals surface area contributed by atoms with E-state index in [-0.39, 0.29) is 12.6 Å². The van der Waals surface area contributed by atoms with E-state index in [1.165, 1.54) is 0 Å². The Hall–Kier alpha value is -1.13. The van der Waals surface area contributed by atoms with Gasteiger partial charge >= 0.3 is 5.97 Å². The van der Waals surface area contributed by atoms with E-state index in [4.69, 9.17) is 5.11 Å². The standard InChI is InChI=1S/C13H16BrNO2/c1-3-8-15(9-13(16)17)10(2)11-6-4-5-7-12(11)14/h3-7,10H,1,8-9H2,2H3,(H,16,17). The van der Waals surface area contributed by atoms with Crippen molar-refractivity contribution in [2.24, 2.45) is 0 Å². The molecule has 0 aromatic heterocycles. The van der Waals surface area contributed by atoms with Crippen LogP contribution in [0.1, 0.15) is 18.5 Å². The summed E-state index contributed by atoms with van der Waals surface area (Å²) in [5, 5.41) is 8.89. The Morgan fingerprint density at radius 3 is 2.76 bits per heavy atom. The average molecular weight is 298 g/mol. The van der Waals surface area contributed by atoms with E-state index >= 15 is 0 Å². The van der Waals surface area contributed by atoms with Crippen molar-refractivity contribution in [1.29, 1.82) is 0 Å². The topological polar surface area (TPSA) is 40.5 Å². The molecular formula is C13H16BrNO2. The zero-order valence-corrected chi connectivity index (χ0v) is 11.4. The first-order valence-corrected chi connectivity index (χ1v) is 6.16. The van der Waals surface area contributed by atoms with Crippen LogP contribution in [0.4, 0.5) is 0 Å². The molecular weight excluding hydrogens is 282 g/mol. The number of carbonyl (C=O) groups is 1. The van der Waals surface area contributed by atoms with Crippen molar-refractivity contribution in [1.82, 2.24) is 4.90 Å². The highest BCUT2D eigenvalue weighted by Gasteiger charge is 2.18. The maximum Gasteiger partial charge on any atom is 0.317 e. The zero-order chi connectivity index (χ0) is 12.8.